The summed E-state index contributed by atoms with van der Waals surface area (Å²) in [5, 5.41) is 0. The van der Waals surface area contributed by atoms with Crippen molar-refractivity contribution in [3.05, 3.63) is 7.11 Å². The van der Waals surface area contributed by atoms with E-state index >= 15 is 0 Å². The molecule has 0 aromatic rings. The summed E-state index contributed by atoms with van der Waals surface area (Å²) in [4.78, 5) is 0. The molecule has 0 fully saturated rings. The molecule has 10 heavy (non-hydrogen) atoms. The minimum Gasteiger partial charge on any atom is -0.355 e. The predicted octanol–water partition coefficient (Wildman–Crippen LogP) is 2.35. The van der Waals surface area contributed by atoms with E-state index in [2.05, 4.69) is 18.8 Å². The number of hydrogen-bond acceptors (Lipinski definition) is 2. The fourth-order valence-electron chi connectivity index (χ4n) is 0.749. The summed E-state index contributed by atoms with van der Waals surface area (Å²) in [6, 6.07) is 0. The highest BCUT2D eigenvalue weighted by Gasteiger charge is 1.86. The van der Waals surface area contributed by atoms with Crippen LogP contribution in [0, 0.1) is 7.11 Å². The van der Waals surface area contributed by atoms with Crippen molar-refractivity contribution in [3.8, 4) is 0 Å². The summed E-state index contributed by atoms with van der Waals surface area (Å²) < 4.78 is 9.52. The highest BCUT2D eigenvalue weighted by atomic mass is 16.7. The molecule has 0 unspecified atom stereocenters. The summed E-state index contributed by atoms with van der Waals surface area (Å²) in [5.41, 5.74) is 0. The molecule has 2 heteroatoms. The molecule has 61 valence electrons. The molecule has 0 aliphatic rings. The summed E-state index contributed by atoms with van der Waals surface area (Å²) in [6.07, 6.45) is 4.96. The van der Waals surface area contributed by atoms with E-state index in [0.29, 0.717) is 6.79 Å². The van der Waals surface area contributed by atoms with Crippen LogP contribution in [0.2, 0.25) is 0 Å². The molecule has 0 aliphatic carbocycles. The lowest BCUT2D eigenvalue weighted by Gasteiger charge is -2.00. The molecule has 1 radical (unpaired) electrons. The first kappa shape index (κ1) is 9.92. The normalized spacial score (nSPS) is 10.2. The minimum atomic E-state index is 0.326. The average Bonchev–Trinajstić information content (AvgIpc) is 1.97. The lowest BCUT2D eigenvalue weighted by atomic mass is 10.2. The van der Waals surface area contributed by atoms with Crippen molar-refractivity contribution in [1.29, 1.82) is 0 Å². The summed E-state index contributed by atoms with van der Waals surface area (Å²) in [6.45, 7) is 3.32. The quantitative estimate of drug-likeness (QED) is 0.404. The molecule has 0 aliphatic heterocycles. The molecule has 0 heterocycles. The van der Waals surface area contributed by atoms with Crippen molar-refractivity contribution in [1.82, 2.24) is 0 Å². The first-order valence-corrected chi connectivity index (χ1v) is 3.86. The van der Waals surface area contributed by atoms with Gasteiger partial charge in [-0.3, -0.25) is 0 Å². The van der Waals surface area contributed by atoms with E-state index in [9.17, 15) is 0 Å². The number of hydrogen-bond donors (Lipinski definition) is 0. The lowest BCUT2D eigenvalue weighted by molar-refractivity contribution is -0.0155. The Morgan fingerprint density at radius 1 is 1.20 bits per heavy atom. The molecule has 0 spiro atoms. The third-order valence-corrected chi connectivity index (χ3v) is 1.31. The fourth-order valence-corrected chi connectivity index (χ4v) is 0.749. The standard InChI is InChI=1S/C8H17O2/c1-3-4-5-6-7-10-8-9-2/h2-8H2,1H3. The average molecular weight is 145 g/mol. The highest BCUT2D eigenvalue weighted by molar-refractivity contribution is 4.37. The Morgan fingerprint density at radius 2 is 2.00 bits per heavy atom. The first-order valence-electron chi connectivity index (χ1n) is 3.86. The molecule has 0 rings (SSSR count). The molecular weight excluding hydrogens is 128 g/mol. The van der Waals surface area contributed by atoms with Crippen LogP contribution in [0.5, 0.6) is 0 Å². The van der Waals surface area contributed by atoms with E-state index in [0.717, 1.165) is 13.0 Å². The molecule has 0 aromatic carbocycles. The van der Waals surface area contributed by atoms with Crippen LogP contribution in [0.1, 0.15) is 32.6 Å². The number of ether oxygens (including phenoxy) is 2. The third-order valence-electron chi connectivity index (χ3n) is 1.31. The Morgan fingerprint density at radius 3 is 2.60 bits per heavy atom. The van der Waals surface area contributed by atoms with Crippen LogP contribution in [-0.4, -0.2) is 13.4 Å². The van der Waals surface area contributed by atoms with E-state index in [1.807, 2.05) is 0 Å². The second-order valence-electron chi connectivity index (χ2n) is 2.29. The largest absolute Gasteiger partial charge is 0.355 e. The highest BCUT2D eigenvalue weighted by Crippen LogP contribution is 1.98. The van der Waals surface area contributed by atoms with Crippen LogP contribution in [0.25, 0.3) is 0 Å². The van der Waals surface area contributed by atoms with Crippen molar-refractivity contribution >= 4 is 0 Å². The van der Waals surface area contributed by atoms with Crippen LogP contribution in [0.15, 0.2) is 0 Å². The van der Waals surface area contributed by atoms with Gasteiger partial charge >= 0.3 is 0 Å². The molecule has 0 atom stereocenters. The number of unbranched alkanes of at least 4 members (excludes halogenated alkanes) is 3. The Labute approximate surface area is 63.5 Å². The second-order valence-corrected chi connectivity index (χ2v) is 2.29. The third kappa shape index (κ3) is 7.92. The Balaban J connectivity index is 2.65. The van der Waals surface area contributed by atoms with Crippen LogP contribution in [-0.2, 0) is 9.47 Å². The van der Waals surface area contributed by atoms with E-state index in [1.54, 1.807) is 0 Å². The Hall–Kier alpha value is -0.0800. The minimum absolute atomic E-state index is 0.326. The van der Waals surface area contributed by atoms with Gasteiger partial charge in [0.1, 0.15) is 6.79 Å². The zero-order chi connectivity index (χ0) is 7.66. The molecule has 0 amide bonds. The van der Waals surface area contributed by atoms with Gasteiger partial charge in [0.05, 0.1) is 7.11 Å². The molecule has 0 aromatic heterocycles. The van der Waals surface area contributed by atoms with Crippen molar-refractivity contribution in [2.75, 3.05) is 13.4 Å². The molecule has 0 bridgehead atoms. The fraction of sp³-hybridized carbons (Fsp3) is 0.875. The van der Waals surface area contributed by atoms with Crippen LogP contribution >= 0.6 is 0 Å². The van der Waals surface area contributed by atoms with Crippen LogP contribution in [0.4, 0.5) is 0 Å². The Bertz CT molecular complexity index is 47.2. The van der Waals surface area contributed by atoms with Crippen molar-refractivity contribution in [2.24, 2.45) is 0 Å². The summed E-state index contributed by atoms with van der Waals surface area (Å²) in [5.74, 6) is 0. The van der Waals surface area contributed by atoms with Gasteiger partial charge in [-0.25, -0.2) is 0 Å². The molecular formula is C8H17O2. The van der Waals surface area contributed by atoms with Gasteiger partial charge in [-0.05, 0) is 6.42 Å². The molecule has 0 saturated carbocycles. The molecule has 0 saturated heterocycles. The molecule has 0 N–H and O–H groups in total. The van der Waals surface area contributed by atoms with Gasteiger partial charge in [-0.1, -0.05) is 26.2 Å². The summed E-state index contributed by atoms with van der Waals surface area (Å²) >= 11 is 0. The van der Waals surface area contributed by atoms with Gasteiger partial charge in [0, 0.05) is 6.61 Å². The van der Waals surface area contributed by atoms with E-state index < -0.39 is 0 Å². The van der Waals surface area contributed by atoms with Gasteiger partial charge in [0.25, 0.3) is 0 Å². The smallest absolute Gasteiger partial charge is 0.146 e. The summed E-state index contributed by atoms with van der Waals surface area (Å²) in [7, 11) is 3.19. The maximum absolute atomic E-state index is 5.04. The van der Waals surface area contributed by atoms with Crippen molar-refractivity contribution in [2.45, 2.75) is 32.6 Å². The van der Waals surface area contributed by atoms with E-state index in [1.165, 1.54) is 19.3 Å². The van der Waals surface area contributed by atoms with Crippen molar-refractivity contribution in [3.63, 3.8) is 0 Å². The van der Waals surface area contributed by atoms with Gasteiger partial charge in [0.15, 0.2) is 0 Å². The van der Waals surface area contributed by atoms with Crippen LogP contribution < -0.4 is 0 Å². The van der Waals surface area contributed by atoms with Crippen LogP contribution in [0.3, 0.4) is 0 Å². The monoisotopic (exact) mass is 145 g/mol. The lowest BCUT2D eigenvalue weighted by Crippen LogP contribution is -1.96. The zero-order valence-electron chi connectivity index (χ0n) is 6.77. The van der Waals surface area contributed by atoms with E-state index in [-0.39, 0.29) is 0 Å². The van der Waals surface area contributed by atoms with Gasteiger partial charge in [0.2, 0.25) is 0 Å². The van der Waals surface area contributed by atoms with E-state index in [4.69, 9.17) is 4.74 Å². The second kappa shape index (κ2) is 8.92. The molecule has 2 nitrogen and oxygen atoms in total. The maximum atomic E-state index is 5.04. The SMILES string of the molecule is [CH2]OCOCCCCCC. The zero-order valence-corrected chi connectivity index (χ0v) is 6.77. The van der Waals surface area contributed by atoms with Crippen molar-refractivity contribution < 1.29 is 9.47 Å². The topological polar surface area (TPSA) is 18.5 Å². The maximum Gasteiger partial charge on any atom is 0.146 e. The Kier molecular flexibility index (Phi) is 8.85. The van der Waals surface area contributed by atoms with Gasteiger partial charge in [-0.2, -0.15) is 0 Å². The predicted molar refractivity (Wildman–Crippen MR) is 41.4 cm³/mol. The van der Waals surface area contributed by atoms with Gasteiger partial charge < -0.3 is 9.47 Å². The first-order chi connectivity index (χ1) is 4.91. The number of rotatable bonds is 7. The van der Waals surface area contributed by atoms with Gasteiger partial charge in [-0.15, -0.1) is 0 Å².